The van der Waals surface area contributed by atoms with E-state index in [1.165, 1.54) is 7.11 Å². The number of halogens is 1. The molecule has 0 radical (unpaired) electrons. The zero-order valence-corrected chi connectivity index (χ0v) is 22.3. The minimum Gasteiger partial charge on any atom is -0.495 e. The van der Waals surface area contributed by atoms with Crippen LogP contribution in [0.25, 0.3) is 11.3 Å². The molecule has 8 nitrogen and oxygen atoms in total. The Morgan fingerprint density at radius 1 is 1.11 bits per heavy atom. The molecule has 1 aliphatic heterocycles. The highest BCUT2D eigenvalue weighted by Gasteiger charge is 2.42. The SMILES string of the molecule is COc1ccc(N2C(=S)N[C@@H](c3ccccn3)[C@@H]2c2ccc(-c3ccc(Cl)cc3)o2)cc1NS(C)(=O)=O. The van der Waals surface area contributed by atoms with Gasteiger partial charge in [0.05, 0.1) is 30.8 Å². The van der Waals surface area contributed by atoms with Crippen molar-refractivity contribution < 1.29 is 17.6 Å². The monoisotopic (exact) mass is 554 g/mol. The number of aromatic nitrogens is 1. The normalized spacial score (nSPS) is 17.5. The number of ether oxygens (including phenoxy) is 1. The van der Waals surface area contributed by atoms with E-state index < -0.39 is 16.1 Å². The number of hydrogen-bond acceptors (Lipinski definition) is 6. The maximum atomic E-state index is 12.0. The van der Waals surface area contributed by atoms with Gasteiger partial charge in [-0.25, -0.2) is 8.42 Å². The van der Waals surface area contributed by atoms with Crippen LogP contribution in [0.1, 0.15) is 23.5 Å². The van der Waals surface area contributed by atoms with Crippen molar-refractivity contribution in [1.82, 2.24) is 10.3 Å². The van der Waals surface area contributed by atoms with E-state index in [0.29, 0.717) is 38.8 Å². The summed E-state index contributed by atoms with van der Waals surface area (Å²) in [5.41, 5.74) is 2.61. The number of rotatable bonds is 7. The first-order chi connectivity index (χ1) is 17.7. The summed E-state index contributed by atoms with van der Waals surface area (Å²) in [5, 5.41) is 4.45. The van der Waals surface area contributed by atoms with E-state index in [1.54, 1.807) is 18.3 Å². The molecule has 0 unspecified atom stereocenters. The predicted molar refractivity (Wildman–Crippen MR) is 149 cm³/mol. The molecule has 37 heavy (non-hydrogen) atoms. The fourth-order valence-electron chi connectivity index (χ4n) is 4.33. The third kappa shape index (κ3) is 5.27. The minimum absolute atomic E-state index is 0.298. The van der Waals surface area contributed by atoms with Crippen LogP contribution in [0.2, 0.25) is 5.02 Å². The van der Waals surface area contributed by atoms with Gasteiger partial charge in [0.1, 0.15) is 23.3 Å². The standard InChI is InChI=1S/C26H23ClN4O4S2/c1-34-22-11-10-18(15-20(22)30-37(2,32)33)31-25(24(29-26(31)36)19-5-3-4-14-28-19)23-13-12-21(35-23)16-6-8-17(27)9-7-16/h3-15,24-25,30H,1-2H3,(H,29,36)/t24-,25-/m0/s1. The van der Waals surface area contributed by atoms with E-state index in [4.69, 9.17) is 33.0 Å². The first-order valence-corrected chi connectivity index (χ1v) is 13.9. The lowest BCUT2D eigenvalue weighted by molar-refractivity contribution is 0.416. The Balaban J connectivity index is 1.61. The Morgan fingerprint density at radius 2 is 1.89 bits per heavy atom. The fourth-order valence-corrected chi connectivity index (χ4v) is 5.36. The van der Waals surface area contributed by atoms with Crippen molar-refractivity contribution in [3.05, 3.63) is 95.5 Å². The maximum absolute atomic E-state index is 12.0. The molecule has 1 aliphatic rings. The van der Waals surface area contributed by atoms with Crippen molar-refractivity contribution in [2.75, 3.05) is 23.0 Å². The van der Waals surface area contributed by atoms with Crippen LogP contribution in [-0.2, 0) is 10.0 Å². The van der Waals surface area contributed by atoms with Crippen LogP contribution in [-0.4, -0.2) is 31.9 Å². The van der Waals surface area contributed by atoms with Gasteiger partial charge in [0.25, 0.3) is 0 Å². The zero-order chi connectivity index (χ0) is 26.2. The topological polar surface area (TPSA) is 96.7 Å². The molecule has 5 rings (SSSR count). The molecule has 11 heteroatoms. The average molecular weight is 555 g/mol. The Hall–Kier alpha value is -3.60. The summed E-state index contributed by atoms with van der Waals surface area (Å²) in [6.07, 6.45) is 2.81. The molecule has 1 fully saturated rings. The molecule has 2 atom stereocenters. The molecule has 2 N–H and O–H groups in total. The highest BCUT2D eigenvalue weighted by Crippen LogP contribution is 2.44. The number of benzene rings is 2. The molecule has 0 bridgehead atoms. The Morgan fingerprint density at radius 3 is 2.57 bits per heavy atom. The highest BCUT2D eigenvalue weighted by atomic mass is 35.5. The van der Waals surface area contributed by atoms with E-state index in [9.17, 15) is 8.42 Å². The van der Waals surface area contributed by atoms with E-state index in [0.717, 1.165) is 17.5 Å². The molecular formula is C26H23ClN4O4S2. The Bertz CT molecular complexity index is 1540. The molecule has 4 aromatic rings. The Kier molecular flexibility index (Phi) is 6.80. The van der Waals surface area contributed by atoms with Crippen molar-refractivity contribution >= 4 is 50.3 Å². The van der Waals surface area contributed by atoms with E-state index in [2.05, 4.69) is 15.0 Å². The highest BCUT2D eigenvalue weighted by molar-refractivity contribution is 7.92. The lowest BCUT2D eigenvalue weighted by atomic mass is 10.0. The molecular weight excluding hydrogens is 532 g/mol. The summed E-state index contributed by atoms with van der Waals surface area (Å²) < 4.78 is 38.2. The number of methoxy groups -OCH3 is 1. The van der Waals surface area contributed by atoms with Crippen molar-refractivity contribution in [3.63, 3.8) is 0 Å². The van der Waals surface area contributed by atoms with Crippen LogP contribution < -0.4 is 19.7 Å². The number of furan rings is 1. The van der Waals surface area contributed by atoms with Crippen LogP contribution in [0.4, 0.5) is 11.4 Å². The van der Waals surface area contributed by atoms with Crippen LogP contribution >= 0.6 is 23.8 Å². The van der Waals surface area contributed by atoms with Crippen LogP contribution in [0.3, 0.4) is 0 Å². The molecule has 2 aromatic carbocycles. The molecule has 190 valence electrons. The van der Waals surface area contributed by atoms with Gasteiger partial charge in [-0.05, 0) is 78.9 Å². The molecule has 1 saturated heterocycles. The number of hydrogen-bond donors (Lipinski definition) is 2. The smallest absolute Gasteiger partial charge is 0.229 e. The quantitative estimate of drug-likeness (QED) is 0.287. The molecule has 0 aliphatic carbocycles. The zero-order valence-electron chi connectivity index (χ0n) is 19.9. The summed E-state index contributed by atoms with van der Waals surface area (Å²) in [6, 6.07) is 21.3. The van der Waals surface area contributed by atoms with E-state index >= 15 is 0 Å². The van der Waals surface area contributed by atoms with Gasteiger partial charge in [0, 0.05) is 22.5 Å². The summed E-state index contributed by atoms with van der Waals surface area (Å²) in [4.78, 5) is 6.45. The van der Waals surface area contributed by atoms with Gasteiger partial charge in [-0.15, -0.1) is 0 Å². The minimum atomic E-state index is -3.55. The third-order valence-electron chi connectivity index (χ3n) is 5.90. The average Bonchev–Trinajstić information content (AvgIpc) is 3.48. The third-order valence-corrected chi connectivity index (χ3v) is 7.06. The van der Waals surface area contributed by atoms with Crippen LogP contribution in [0.15, 0.2) is 83.4 Å². The summed E-state index contributed by atoms with van der Waals surface area (Å²) in [7, 11) is -2.07. The van der Waals surface area contributed by atoms with Crippen LogP contribution in [0, 0.1) is 0 Å². The van der Waals surface area contributed by atoms with Gasteiger partial charge in [-0.3, -0.25) is 9.71 Å². The second kappa shape index (κ2) is 10.0. The number of thiocarbonyl (C=S) groups is 1. The molecule has 0 amide bonds. The second-order valence-corrected chi connectivity index (χ2v) is 11.0. The van der Waals surface area contributed by atoms with Gasteiger partial charge in [-0.1, -0.05) is 17.7 Å². The van der Waals surface area contributed by atoms with Gasteiger partial charge in [-0.2, -0.15) is 0 Å². The molecule has 0 saturated carbocycles. The Labute approximate surface area is 225 Å². The number of anilines is 2. The van der Waals surface area contributed by atoms with Gasteiger partial charge >= 0.3 is 0 Å². The predicted octanol–water partition coefficient (Wildman–Crippen LogP) is 5.55. The number of nitrogens with zero attached hydrogens (tertiary/aromatic N) is 2. The summed E-state index contributed by atoms with van der Waals surface area (Å²) >= 11 is 11.8. The van der Waals surface area contributed by atoms with Gasteiger partial charge in [0.2, 0.25) is 10.0 Å². The van der Waals surface area contributed by atoms with Crippen molar-refractivity contribution in [1.29, 1.82) is 0 Å². The number of nitrogens with one attached hydrogen (secondary N) is 2. The largest absolute Gasteiger partial charge is 0.495 e. The van der Waals surface area contributed by atoms with Crippen LogP contribution in [0.5, 0.6) is 5.75 Å². The van der Waals surface area contributed by atoms with Gasteiger partial charge in [0.15, 0.2) is 5.11 Å². The maximum Gasteiger partial charge on any atom is 0.229 e. The first kappa shape index (κ1) is 25.1. The van der Waals surface area contributed by atoms with E-state index in [1.807, 2.05) is 65.6 Å². The van der Waals surface area contributed by atoms with Crippen molar-refractivity contribution in [3.8, 4) is 17.1 Å². The molecule has 2 aromatic heterocycles. The summed E-state index contributed by atoms with van der Waals surface area (Å²) in [5.74, 6) is 1.72. The fraction of sp³-hybridized carbons (Fsp3) is 0.154. The van der Waals surface area contributed by atoms with Crippen molar-refractivity contribution in [2.45, 2.75) is 12.1 Å². The summed E-state index contributed by atoms with van der Waals surface area (Å²) in [6.45, 7) is 0. The molecule has 3 heterocycles. The first-order valence-electron chi connectivity index (χ1n) is 11.3. The van der Waals surface area contributed by atoms with Gasteiger partial charge < -0.3 is 19.4 Å². The van der Waals surface area contributed by atoms with Crippen molar-refractivity contribution in [2.24, 2.45) is 0 Å². The number of pyridine rings is 1. The van der Waals surface area contributed by atoms with E-state index in [-0.39, 0.29) is 6.04 Å². The second-order valence-electron chi connectivity index (χ2n) is 8.46. The number of sulfonamides is 1. The molecule has 0 spiro atoms. The lowest BCUT2D eigenvalue weighted by Gasteiger charge is -2.27. The lowest BCUT2D eigenvalue weighted by Crippen LogP contribution is -2.29.